The molecule has 0 unspecified atom stereocenters. The third-order valence-electron chi connectivity index (χ3n) is 4.13. The van der Waals surface area contributed by atoms with Crippen molar-refractivity contribution < 1.29 is 22.8 Å². The van der Waals surface area contributed by atoms with Crippen LogP contribution in [0, 0.1) is 13.8 Å². The van der Waals surface area contributed by atoms with E-state index < -0.39 is 17.6 Å². The first-order valence-electron chi connectivity index (χ1n) is 8.68. The maximum atomic E-state index is 13.1. The van der Waals surface area contributed by atoms with E-state index in [0.29, 0.717) is 5.69 Å². The molecular weight excluding hydrogens is 407 g/mol. The normalized spacial score (nSPS) is 11.4. The Morgan fingerprint density at radius 2 is 1.55 bits per heavy atom. The molecule has 0 aromatic heterocycles. The second kappa shape index (κ2) is 9.28. The van der Waals surface area contributed by atoms with E-state index in [1.807, 2.05) is 32.0 Å². The molecule has 9 heteroatoms. The monoisotopic (exact) mass is 427 g/mol. The summed E-state index contributed by atoms with van der Waals surface area (Å²) in [5.41, 5.74) is 1.09. The van der Waals surface area contributed by atoms with Crippen LogP contribution in [0.4, 0.5) is 24.5 Å². The average Bonchev–Trinajstić information content (AvgIpc) is 2.58. The van der Waals surface area contributed by atoms with Gasteiger partial charge in [0.25, 0.3) is 0 Å². The van der Waals surface area contributed by atoms with E-state index in [1.165, 1.54) is 18.0 Å². The Bertz CT molecular complexity index is 896. The van der Waals surface area contributed by atoms with Crippen molar-refractivity contribution in [3.63, 3.8) is 0 Å². The smallest absolute Gasteiger partial charge is 0.324 e. The van der Waals surface area contributed by atoms with Crippen LogP contribution in [0.3, 0.4) is 0 Å². The molecule has 0 aliphatic heterocycles. The van der Waals surface area contributed by atoms with Gasteiger partial charge in [-0.15, -0.1) is 0 Å². The SMILES string of the molecule is Cc1cccc(C)c1NC(=O)CN(C)CC(=O)Nc1ccc(Cl)cc1C(F)(F)F. The maximum Gasteiger partial charge on any atom is 0.418 e. The summed E-state index contributed by atoms with van der Waals surface area (Å²) in [6.07, 6.45) is -4.66. The molecule has 2 amide bonds. The molecule has 29 heavy (non-hydrogen) atoms. The van der Waals surface area contributed by atoms with E-state index in [0.717, 1.165) is 23.3 Å². The average molecular weight is 428 g/mol. The van der Waals surface area contributed by atoms with Crippen LogP contribution in [-0.2, 0) is 15.8 Å². The minimum atomic E-state index is -4.66. The number of para-hydroxylation sites is 1. The third kappa shape index (κ3) is 6.47. The van der Waals surface area contributed by atoms with Crippen molar-refractivity contribution in [1.82, 2.24) is 4.90 Å². The lowest BCUT2D eigenvalue weighted by molar-refractivity contribution is -0.137. The zero-order valence-electron chi connectivity index (χ0n) is 16.2. The first-order valence-corrected chi connectivity index (χ1v) is 9.06. The van der Waals surface area contributed by atoms with Crippen LogP contribution < -0.4 is 10.6 Å². The summed E-state index contributed by atoms with van der Waals surface area (Å²) in [6, 6.07) is 8.71. The number of amides is 2. The Morgan fingerprint density at radius 1 is 1.00 bits per heavy atom. The molecule has 0 atom stereocenters. The number of aryl methyl sites for hydroxylation is 2. The molecule has 156 valence electrons. The Morgan fingerprint density at radius 3 is 2.10 bits per heavy atom. The quantitative estimate of drug-likeness (QED) is 0.714. The lowest BCUT2D eigenvalue weighted by Crippen LogP contribution is -2.36. The molecule has 0 saturated carbocycles. The fourth-order valence-corrected chi connectivity index (χ4v) is 2.96. The molecule has 2 rings (SSSR count). The van der Waals surface area contributed by atoms with Crippen LogP contribution in [0.2, 0.25) is 5.02 Å². The first kappa shape index (κ1) is 22.7. The second-order valence-electron chi connectivity index (χ2n) is 6.72. The van der Waals surface area contributed by atoms with E-state index in [2.05, 4.69) is 10.6 Å². The molecule has 0 saturated heterocycles. The Labute approximate surface area is 171 Å². The van der Waals surface area contributed by atoms with E-state index >= 15 is 0 Å². The van der Waals surface area contributed by atoms with Crippen molar-refractivity contribution in [2.24, 2.45) is 0 Å². The van der Waals surface area contributed by atoms with Gasteiger partial charge in [-0.05, 0) is 50.2 Å². The Balaban J connectivity index is 1.97. The van der Waals surface area contributed by atoms with Crippen molar-refractivity contribution in [3.05, 3.63) is 58.1 Å². The van der Waals surface area contributed by atoms with Gasteiger partial charge in [-0.1, -0.05) is 29.8 Å². The van der Waals surface area contributed by atoms with E-state index in [1.54, 1.807) is 0 Å². The standard InChI is InChI=1S/C20H21ClF3N3O2/c1-12-5-4-6-13(2)19(12)26-18(29)11-27(3)10-17(28)25-16-8-7-14(21)9-15(16)20(22,23)24/h4-9H,10-11H2,1-3H3,(H,25,28)(H,26,29). The lowest BCUT2D eigenvalue weighted by Gasteiger charge is -2.19. The molecule has 0 aliphatic rings. The van der Waals surface area contributed by atoms with Gasteiger partial charge in [0, 0.05) is 10.7 Å². The van der Waals surface area contributed by atoms with Gasteiger partial charge < -0.3 is 10.6 Å². The fourth-order valence-electron chi connectivity index (χ4n) is 2.79. The molecule has 2 N–H and O–H groups in total. The van der Waals surface area contributed by atoms with E-state index in [9.17, 15) is 22.8 Å². The minimum Gasteiger partial charge on any atom is -0.324 e. The van der Waals surface area contributed by atoms with Gasteiger partial charge in [0.1, 0.15) is 0 Å². The molecular formula is C20H21ClF3N3O2. The van der Waals surface area contributed by atoms with Crippen molar-refractivity contribution >= 4 is 34.8 Å². The highest BCUT2D eigenvalue weighted by Gasteiger charge is 2.34. The first-order chi connectivity index (χ1) is 13.5. The summed E-state index contributed by atoms with van der Waals surface area (Å²) in [5.74, 6) is -1.01. The number of carbonyl (C=O) groups excluding carboxylic acids is 2. The van der Waals surface area contributed by atoms with Crippen LogP contribution in [0.1, 0.15) is 16.7 Å². The van der Waals surface area contributed by atoms with Crippen LogP contribution in [0.15, 0.2) is 36.4 Å². The summed E-state index contributed by atoms with van der Waals surface area (Å²) in [4.78, 5) is 25.8. The second-order valence-corrected chi connectivity index (χ2v) is 7.16. The maximum absolute atomic E-state index is 13.1. The van der Waals surface area contributed by atoms with E-state index in [4.69, 9.17) is 11.6 Å². The number of anilines is 2. The number of benzene rings is 2. The predicted molar refractivity (Wildman–Crippen MR) is 107 cm³/mol. The highest BCUT2D eigenvalue weighted by atomic mass is 35.5. The van der Waals surface area contributed by atoms with Gasteiger partial charge in [-0.2, -0.15) is 13.2 Å². The molecule has 2 aromatic carbocycles. The van der Waals surface area contributed by atoms with Gasteiger partial charge in [0.15, 0.2) is 0 Å². The molecule has 2 aromatic rings. The zero-order chi connectivity index (χ0) is 21.8. The number of alkyl halides is 3. The number of hydrogen-bond acceptors (Lipinski definition) is 3. The van der Waals surface area contributed by atoms with Crippen molar-refractivity contribution in [2.45, 2.75) is 20.0 Å². The number of halogens is 4. The van der Waals surface area contributed by atoms with Crippen LogP contribution >= 0.6 is 11.6 Å². The van der Waals surface area contributed by atoms with E-state index in [-0.39, 0.29) is 29.7 Å². The highest BCUT2D eigenvalue weighted by molar-refractivity contribution is 6.30. The third-order valence-corrected chi connectivity index (χ3v) is 4.37. The summed E-state index contributed by atoms with van der Waals surface area (Å²) in [7, 11) is 1.52. The van der Waals surface area contributed by atoms with Gasteiger partial charge >= 0.3 is 6.18 Å². The lowest BCUT2D eigenvalue weighted by atomic mass is 10.1. The summed E-state index contributed by atoms with van der Waals surface area (Å²) >= 11 is 5.62. The molecule has 5 nitrogen and oxygen atoms in total. The summed E-state index contributed by atoms with van der Waals surface area (Å²) in [6.45, 7) is 3.36. The summed E-state index contributed by atoms with van der Waals surface area (Å²) < 4.78 is 39.3. The minimum absolute atomic E-state index is 0.0874. The van der Waals surface area contributed by atoms with Gasteiger partial charge in [0.05, 0.1) is 24.3 Å². The molecule has 0 heterocycles. The topological polar surface area (TPSA) is 61.4 Å². The Kier molecular flexibility index (Phi) is 7.26. The molecule has 0 radical (unpaired) electrons. The largest absolute Gasteiger partial charge is 0.418 e. The summed E-state index contributed by atoms with van der Waals surface area (Å²) in [5, 5.41) is 4.93. The molecule has 0 aliphatic carbocycles. The molecule has 0 spiro atoms. The number of hydrogen-bond donors (Lipinski definition) is 2. The molecule has 0 fully saturated rings. The number of nitrogens with zero attached hydrogens (tertiary/aromatic N) is 1. The highest BCUT2D eigenvalue weighted by Crippen LogP contribution is 2.36. The zero-order valence-corrected chi connectivity index (χ0v) is 16.9. The number of nitrogens with one attached hydrogen (secondary N) is 2. The van der Waals surface area contributed by atoms with Crippen molar-refractivity contribution in [1.29, 1.82) is 0 Å². The van der Waals surface area contributed by atoms with Gasteiger partial charge in [-0.3, -0.25) is 14.5 Å². The fraction of sp³-hybridized carbons (Fsp3) is 0.300. The Hall–Kier alpha value is -2.58. The molecule has 0 bridgehead atoms. The van der Waals surface area contributed by atoms with Crippen LogP contribution in [0.5, 0.6) is 0 Å². The van der Waals surface area contributed by atoms with Crippen LogP contribution in [0.25, 0.3) is 0 Å². The van der Waals surface area contributed by atoms with Crippen molar-refractivity contribution in [3.8, 4) is 0 Å². The van der Waals surface area contributed by atoms with Crippen LogP contribution in [-0.4, -0.2) is 36.9 Å². The van der Waals surface area contributed by atoms with Gasteiger partial charge in [-0.25, -0.2) is 0 Å². The number of rotatable bonds is 6. The number of carbonyl (C=O) groups is 2. The van der Waals surface area contributed by atoms with Crippen molar-refractivity contribution in [2.75, 3.05) is 30.8 Å². The predicted octanol–water partition coefficient (Wildman–Crippen LogP) is 4.48. The van der Waals surface area contributed by atoms with Gasteiger partial charge in [0.2, 0.25) is 11.8 Å². The number of likely N-dealkylation sites (N-methyl/N-ethyl adjacent to an activating group) is 1.